The van der Waals surface area contributed by atoms with Crippen molar-refractivity contribution in [2.24, 2.45) is 0 Å². The molecular formula is C13H10BrF2N. The first-order valence-electron chi connectivity index (χ1n) is 5.16. The van der Waals surface area contributed by atoms with Gasteiger partial charge in [-0.1, -0.05) is 22.0 Å². The first kappa shape index (κ1) is 12.2. The molecule has 1 heterocycles. The maximum absolute atomic E-state index is 13.5. The number of halogens is 3. The second-order valence-corrected chi connectivity index (χ2v) is 4.76. The lowest BCUT2D eigenvalue weighted by Gasteiger charge is -2.10. The predicted molar refractivity (Wildman–Crippen MR) is 66.0 cm³/mol. The maximum Gasteiger partial charge on any atom is 0.127 e. The van der Waals surface area contributed by atoms with Crippen LogP contribution in [0.4, 0.5) is 8.78 Å². The summed E-state index contributed by atoms with van der Waals surface area (Å²) in [5, 5.41) is 0. The van der Waals surface area contributed by atoms with Gasteiger partial charge >= 0.3 is 0 Å². The molecule has 1 unspecified atom stereocenters. The molecule has 1 nitrogen and oxygen atoms in total. The zero-order valence-electron chi connectivity index (χ0n) is 8.91. The van der Waals surface area contributed by atoms with Gasteiger partial charge in [-0.3, -0.25) is 4.98 Å². The topological polar surface area (TPSA) is 12.9 Å². The molecule has 0 amide bonds. The van der Waals surface area contributed by atoms with E-state index in [0.29, 0.717) is 12.0 Å². The van der Waals surface area contributed by atoms with Crippen molar-refractivity contribution in [3.8, 4) is 0 Å². The number of hydrogen-bond donors (Lipinski definition) is 0. The molecule has 4 heteroatoms. The van der Waals surface area contributed by atoms with E-state index in [1.807, 2.05) is 18.2 Å². The van der Waals surface area contributed by atoms with Gasteiger partial charge in [-0.2, -0.15) is 0 Å². The third-order valence-electron chi connectivity index (χ3n) is 2.41. The molecule has 88 valence electrons. The van der Waals surface area contributed by atoms with Gasteiger partial charge in [0.05, 0.1) is 0 Å². The fourth-order valence-corrected chi connectivity index (χ4v) is 2.25. The SMILES string of the molecule is Fc1ccc(F)c(C(Br)Cc2ccccn2)c1. The average Bonchev–Trinajstić information content (AvgIpc) is 2.33. The molecule has 0 aliphatic heterocycles. The first-order valence-corrected chi connectivity index (χ1v) is 6.07. The largest absolute Gasteiger partial charge is 0.261 e. The standard InChI is InChI=1S/C13H10BrF2N/c14-12(8-10-3-1-2-6-17-10)11-7-9(15)4-5-13(11)16/h1-7,12H,8H2. The van der Waals surface area contributed by atoms with Gasteiger partial charge in [0.2, 0.25) is 0 Å². The van der Waals surface area contributed by atoms with Crippen LogP contribution in [0.25, 0.3) is 0 Å². The minimum atomic E-state index is -0.438. The molecule has 0 bridgehead atoms. The van der Waals surface area contributed by atoms with Gasteiger partial charge in [-0.25, -0.2) is 8.78 Å². The number of hydrogen-bond acceptors (Lipinski definition) is 1. The average molecular weight is 298 g/mol. The Balaban J connectivity index is 2.20. The molecule has 0 spiro atoms. The molecule has 1 atom stereocenters. The van der Waals surface area contributed by atoms with Crippen molar-refractivity contribution in [2.45, 2.75) is 11.2 Å². The van der Waals surface area contributed by atoms with E-state index in [0.717, 1.165) is 17.8 Å². The number of nitrogens with zero attached hydrogens (tertiary/aromatic N) is 1. The summed E-state index contributed by atoms with van der Waals surface area (Å²) in [5.74, 6) is -0.851. The molecule has 0 fully saturated rings. The van der Waals surface area contributed by atoms with Crippen molar-refractivity contribution in [1.29, 1.82) is 0 Å². The van der Waals surface area contributed by atoms with Crippen LogP contribution in [0.2, 0.25) is 0 Å². The van der Waals surface area contributed by atoms with Crippen LogP contribution < -0.4 is 0 Å². The summed E-state index contributed by atoms with van der Waals surface area (Å²) in [6.07, 6.45) is 2.19. The fourth-order valence-electron chi connectivity index (χ4n) is 1.57. The van der Waals surface area contributed by atoms with Crippen molar-refractivity contribution in [3.63, 3.8) is 0 Å². The summed E-state index contributed by atoms with van der Waals surface area (Å²) < 4.78 is 26.5. The number of alkyl halides is 1. The van der Waals surface area contributed by atoms with Crippen molar-refractivity contribution < 1.29 is 8.78 Å². The minimum absolute atomic E-state index is 0.284. The Hall–Kier alpha value is -1.29. The van der Waals surface area contributed by atoms with E-state index in [1.54, 1.807) is 6.20 Å². The molecular weight excluding hydrogens is 288 g/mol. The predicted octanol–water partition coefficient (Wildman–Crippen LogP) is 4.04. The Morgan fingerprint density at radius 2 is 2.00 bits per heavy atom. The van der Waals surface area contributed by atoms with E-state index in [1.165, 1.54) is 6.07 Å². The Labute approximate surface area is 107 Å². The van der Waals surface area contributed by atoms with Gasteiger partial charge in [-0.15, -0.1) is 0 Å². The van der Waals surface area contributed by atoms with Crippen LogP contribution in [0, 0.1) is 11.6 Å². The molecule has 0 radical (unpaired) electrons. The molecule has 0 saturated carbocycles. The number of benzene rings is 1. The quantitative estimate of drug-likeness (QED) is 0.779. The highest BCUT2D eigenvalue weighted by Gasteiger charge is 2.14. The van der Waals surface area contributed by atoms with E-state index in [2.05, 4.69) is 20.9 Å². The second-order valence-electron chi connectivity index (χ2n) is 3.66. The van der Waals surface area contributed by atoms with Gasteiger partial charge < -0.3 is 0 Å². The lowest BCUT2D eigenvalue weighted by molar-refractivity contribution is 0.583. The zero-order chi connectivity index (χ0) is 12.3. The summed E-state index contributed by atoms with van der Waals surface area (Å²) in [5.41, 5.74) is 1.15. The van der Waals surface area contributed by atoms with Crippen LogP contribution in [0.5, 0.6) is 0 Å². The molecule has 2 rings (SSSR count). The highest BCUT2D eigenvalue weighted by Crippen LogP contribution is 2.28. The van der Waals surface area contributed by atoms with Crippen molar-refractivity contribution in [3.05, 3.63) is 65.5 Å². The van der Waals surface area contributed by atoms with E-state index in [-0.39, 0.29) is 4.83 Å². The van der Waals surface area contributed by atoms with Gasteiger partial charge in [0.15, 0.2) is 0 Å². The minimum Gasteiger partial charge on any atom is -0.261 e. The second kappa shape index (κ2) is 5.36. The summed E-state index contributed by atoms with van der Waals surface area (Å²) in [7, 11) is 0. The highest BCUT2D eigenvalue weighted by molar-refractivity contribution is 9.09. The van der Waals surface area contributed by atoms with Crippen LogP contribution in [0.1, 0.15) is 16.1 Å². The normalized spacial score (nSPS) is 12.4. The van der Waals surface area contributed by atoms with Crippen molar-refractivity contribution >= 4 is 15.9 Å². The van der Waals surface area contributed by atoms with Gasteiger partial charge in [0.25, 0.3) is 0 Å². The smallest absolute Gasteiger partial charge is 0.127 e. The molecule has 1 aromatic carbocycles. The van der Waals surface area contributed by atoms with Crippen LogP contribution >= 0.6 is 15.9 Å². The Kier molecular flexibility index (Phi) is 3.84. The summed E-state index contributed by atoms with van der Waals surface area (Å²) in [6, 6.07) is 8.99. The molecule has 0 saturated heterocycles. The van der Waals surface area contributed by atoms with Crippen LogP contribution in [-0.2, 0) is 6.42 Å². The number of pyridine rings is 1. The zero-order valence-corrected chi connectivity index (χ0v) is 10.5. The molecule has 2 aromatic rings. The van der Waals surface area contributed by atoms with Crippen LogP contribution in [-0.4, -0.2) is 4.98 Å². The highest BCUT2D eigenvalue weighted by atomic mass is 79.9. The van der Waals surface area contributed by atoms with Gasteiger partial charge in [-0.05, 0) is 30.3 Å². The van der Waals surface area contributed by atoms with E-state index in [4.69, 9.17) is 0 Å². The third kappa shape index (κ3) is 3.09. The van der Waals surface area contributed by atoms with E-state index >= 15 is 0 Å². The fraction of sp³-hybridized carbons (Fsp3) is 0.154. The van der Waals surface area contributed by atoms with Gasteiger partial charge in [0, 0.05) is 28.7 Å². The summed E-state index contributed by atoms with van der Waals surface area (Å²) in [4.78, 5) is 3.87. The lowest BCUT2D eigenvalue weighted by Crippen LogP contribution is -2.00. The molecule has 0 aliphatic rings. The lowest BCUT2D eigenvalue weighted by atomic mass is 10.1. The summed E-state index contributed by atoms with van der Waals surface area (Å²) >= 11 is 3.36. The third-order valence-corrected chi connectivity index (χ3v) is 3.23. The molecule has 1 aromatic heterocycles. The van der Waals surface area contributed by atoms with E-state index < -0.39 is 11.6 Å². The summed E-state index contributed by atoms with van der Waals surface area (Å²) in [6.45, 7) is 0. The van der Waals surface area contributed by atoms with E-state index in [9.17, 15) is 8.78 Å². The molecule has 0 N–H and O–H groups in total. The monoisotopic (exact) mass is 297 g/mol. The number of rotatable bonds is 3. The first-order chi connectivity index (χ1) is 8.16. The Morgan fingerprint density at radius 3 is 2.71 bits per heavy atom. The number of aromatic nitrogens is 1. The molecule has 17 heavy (non-hydrogen) atoms. The Morgan fingerprint density at radius 1 is 1.18 bits per heavy atom. The van der Waals surface area contributed by atoms with Crippen LogP contribution in [0.15, 0.2) is 42.6 Å². The van der Waals surface area contributed by atoms with Gasteiger partial charge in [0.1, 0.15) is 11.6 Å². The van der Waals surface area contributed by atoms with Crippen molar-refractivity contribution in [1.82, 2.24) is 4.98 Å². The molecule has 0 aliphatic carbocycles. The van der Waals surface area contributed by atoms with Crippen LogP contribution in [0.3, 0.4) is 0 Å². The van der Waals surface area contributed by atoms with Crippen molar-refractivity contribution in [2.75, 3.05) is 0 Å². The maximum atomic E-state index is 13.5. The Bertz CT molecular complexity index is 502.